The van der Waals surface area contributed by atoms with Gasteiger partial charge in [0.2, 0.25) is 0 Å². The zero-order chi connectivity index (χ0) is 13.3. The molecule has 100 valence electrons. The van der Waals surface area contributed by atoms with E-state index in [1.165, 1.54) is 0 Å². The van der Waals surface area contributed by atoms with E-state index in [9.17, 15) is 4.79 Å². The summed E-state index contributed by atoms with van der Waals surface area (Å²) in [7, 11) is 1.83. The molecular weight excluding hydrogens is 228 g/mol. The van der Waals surface area contributed by atoms with Gasteiger partial charge in [0.15, 0.2) is 0 Å². The van der Waals surface area contributed by atoms with Crippen LogP contribution in [0.2, 0.25) is 0 Å². The Morgan fingerprint density at radius 3 is 2.56 bits per heavy atom. The van der Waals surface area contributed by atoms with Gasteiger partial charge < -0.3 is 10.6 Å². The lowest BCUT2D eigenvalue weighted by atomic mass is 9.85. The summed E-state index contributed by atoms with van der Waals surface area (Å²) in [5.74, 6) is -0.0131. The number of carbonyl (C=O) groups is 1. The molecule has 1 aliphatic carbocycles. The molecule has 0 bridgehead atoms. The zero-order valence-electron chi connectivity index (χ0n) is 11.5. The number of aryl methyl sites for hydroxylation is 2. The average Bonchev–Trinajstić information content (AvgIpc) is 2.60. The van der Waals surface area contributed by atoms with E-state index in [0.29, 0.717) is 17.6 Å². The summed E-state index contributed by atoms with van der Waals surface area (Å²) in [6, 6.07) is 1.11. The normalized spacial score (nSPS) is 22.9. The van der Waals surface area contributed by atoms with E-state index >= 15 is 0 Å². The van der Waals surface area contributed by atoms with E-state index in [0.717, 1.165) is 18.5 Å². The first-order chi connectivity index (χ1) is 8.47. The third kappa shape index (κ3) is 2.72. The van der Waals surface area contributed by atoms with Crippen LogP contribution in [-0.2, 0) is 7.05 Å². The van der Waals surface area contributed by atoms with Crippen molar-refractivity contribution in [3.05, 3.63) is 17.5 Å². The molecule has 1 heterocycles. The van der Waals surface area contributed by atoms with E-state index in [2.05, 4.69) is 29.6 Å². The minimum absolute atomic E-state index is 0.0131. The van der Waals surface area contributed by atoms with Gasteiger partial charge in [0.1, 0.15) is 0 Å². The van der Waals surface area contributed by atoms with Gasteiger partial charge in [-0.1, -0.05) is 13.8 Å². The van der Waals surface area contributed by atoms with Gasteiger partial charge in [0.25, 0.3) is 5.91 Å². The number of carbonyl (C=O) groups excluding carboxylic acids is 1. The molecule has 1 aromatic rings. The SMILES string of the molecule is Cc1nn(C)cc1C(=O)NC1CCC1NC(C)C. The van der Waals surface area contributed by atoms with Crippen molar-refractivity contribution in [1.29, 1.82) is 0 Å². The fourth-order valence-electron chi connectivity index (χ4n) is 2.37. The molecule has 0 spiro atoms. The van der Waals surface area contributed by atoms with E-state index in [1.54, 1.807) is 10.9 Å². The molecule has 1 aliphatic rings. The van der Waals surface area contributed by atoms with Crippen LogP contribution in [0.3, 0.4) is 0 Å². The van der Waals surface area contributed by atoms with Crippen LogP contribution in [0.15, 0.2) is 6.20 Å². The van der Waals surface area contributed by atoms with Crippen LogP contribution in [0.5, 0.6) is 0 Å². The summed E-state index contributed by atoms with van der Waals surface area (Å²) in [6.45, 7) is 6.12. The summed E-state index contributed by atoms with van der Waals surface area (Å²) in [4.78, 5) is 12.1. The Bertz CT molecular complexity index is 438. The van der Waals surface area contributed by atoms with Crippen LogP contribution in [0.1, 0.15) is 42.7 Å². The molecule has 2 N–H and O–H groups in total. The molecule has 0 aromatic carbocycles. The van der Waals surface area contributed by atoms with Crippen molar-refractivity contribution in [2.45, 2.75) is 51.7 Å². The number of hydrogen-bond acceptors (Lipinski definition) is 3. The minimum atomic E-state index is -0.0131. The maximum atomic E-state index is 12.1. The van der Waals surface area contributed by atoms with E-state index in [-0.39, 0.29) is 11.9 Å². The molecular formula is C13H22N4O. The maximum absolute atomic E-state index is 12.1. The smallest absolute Gasteiger partial charge is 0.255 e. The highest BCUT2D eigenvalue weighted by Crippen LogP contribution is 2.21. The average molecular weight is 250 g/mol. The van der Waals surface area contributed by atoms with Crippen LogP contribution < -0.4 is 10.6 Å². The molecule has 2 rings (SSSR count). The highest BCUT2D eigenvalue weighted by Gasteiger charge is 2.32. The minimum Gasteiger partial charge on any atom is -0.348 e. The number of rotatable bonds is 4. The number of hydrogen-bond donors (Lipinski definition) is 2. The summed E-state index contributed by atoms with van der Waals surface area (Å²) < 4.78 is 1.68. The largest absolute Gasteiger partial charge is 0.348 e. The number of aromatic nitrogens is 2. The molecule has 1 amide bonds. The van der Waals surface area contributed by atoms with Gasteiger partial charge >= 0.3 is 0 Å². The first-order valence-corrected chi connectivity index (χ1v) is 6.54. The van der Waals surface area contributed by atoms with Crippen LogP contribution in [0.25, 0.3) is 0 Å². The summed E-state index contributed by atoms with van der Waals surface area (Å²) in [6.07, 6.45) is 3.96. The molecule has 1 saturated carbocycles. The third-order valence-electron chi connectivity index (χ3n) is 3.40. The van der Waals surface area contributed by atoms with Gasteiger partial charge in [-0.05, 0) is 19.8 Å². The molecule has 0 saturated heterocycles. The van der Waals surface area contributed by atoms with Gasteiger partial charge in [-0.25, -0.2) is 0 Å². The summed E-state index contributed by atoms with van der Waals surface area (Å²) >= 11 is 0. The van der Waals surface area contributed by atoms with Crippen molar-refractivity contribution in [2.24, 2.45) is 7.05 Å². The van der Waals surface area contributed by atoms with Gasteiger partial charge in [0.05, 0.1) is 11.3 Å². The molecule has 5 heteroatoms. The lowest BCUT2D eigenvalue weighted by Gasteiger charge is -2.39. The van der Waals surface area contributed by atoms with Crippen LogP contribution in [0, 0.1) is 6.92 Å². The molecule has 0 aliphatic heterocycles. The molecule has 2 unspecified atom stereocenters. The second kappa shape index (κ2) is 5.10. The lowest BCUT2D eigenvalue weighted by molar-refractivity contribution is 0.0890. The van der Waals surface area contributed by atoms with E-state index in [4.69, 9.17) is 0 Å². The first-order valence-electron chi connectivity index (χ1n) is 6.54. The van der Waals surface area contributed by atoms with Crippen molar-refractivity contribution < 1.29 is 4.79 Å². The van der Waals surface area contributed by atoms with Gasteiger partial charge in [-0.3, -0.25) is 9.48 Å². The monoisotopic (exact) mass is 250 g/mol. The Balaban J connectivity index is 1.94. The number of amides is 1. The van der Waals surface area contributed by atoms with Gasteiger partial charge in [-0.15, -0.1) is 0 Å². The zero-order valence-corrected chi connectivity index (χ0v) is 11.5. The topological polar surface area (TPSA) is 59.0 Å². The molecule has 18 heavy (non-hydrogen) atoms. The maximum Gasteiger partial charge on any atom is 0.255 e. The second-order valence-corrected chi connectivity index (χ2v) is 5.39. The number of nitrogens with one attached hydrogen (secondary N) is 2. The number of nitrogens with zero attached hydrogens (tertiary/aromatic N) is 2. The predicted octanol–water partition coefficient (Wildman–Crippen LogP) is 0.987. The van der Waals surface area contributed by atoms with E-state index in [1.807, 2.05) is 14.0 Å². The Labute approximate surface area is 108 Å². The Morgan fingerprint density at radius 1 is 1.44 bits per heavy atom. The predicted molar refractivity (Wildman–Crippen MR) is 70.5 cm³/mol. The van der Waals surface area contributed by atoms with Crippen molar-refractivity contribution in [2.75, 3.05) is 0 Å². The summed E-state index contributed by atoms with van der Waals surface area (Å²) in [5, 5.41) is 10.7. The summed E-state index contributed by atoms with van der Waals surface area (Å²) in [5.41, 5.74) is 1.45. The molecule has 1 fully saturated rings. The van der Waals surface area contributed by atoms with Gasteiger partial charge in [-0.2, -0.15) is 5.10 Å². The molecule has 0 radical (unpaired) electrons. The molecule has 2 atom stereocenters. The fourth-order valence-corrected chi connectivity index (χ4v) is 2.37. The standard InChI is InChI=1S/C13H22N4O/c1-8(2)14-11-5-6-12(11)15-13(18)10-7-17(4)16-9(10)3/h7-8,11-12,14H,5-6H2,1-4H3,(H,15,18). The van der Waals surface area contributed by atoms with Gasteiger partial charge in [0, 0.05) is 31.4 Å². The highest BCUT2D eigenvalue weighted by atomic mass is 16.1. The second-order valence-electron chi connectivity index (χ2n) is 5.39. The van der Waals surface area contributed by atoms with Crippen molar-refractivity contribution in [1.82, 2.24) is 20.4 Å². The fraction of sp³-hybridized carbons (Fsp3) is 0.692. The van der Waals surface area contributed by atoms with Crippen molar-refractivity contribution in [3.63, 3.8) is 0 Å². The van der Waals surface area contributed by atoms with Crippen LogP contribution in [0.4, 0.5) is 0 Å². The Kier molecular flexibility index (Phi) is 3.71. The molecule has 1 aromatic heterocycles. The van der Waals surface area contributed by atoms with E-state index < -0.39 is 0 Å². The van der Waals surface area contributed by atoms with Crippen molar-refractivity contribution >= 4 is 5.91 Å². The van der Waals surface area contributed by atoms with Crippen molar-refractivity contribution in [3.8, 4) is 0 Å². The van der Waals surface area contributed by atoms with Crippen LogP contribution in [-0.4, -0.2) is 33.8 Å². The Hall–Kier alpha value is -1.36. The highest BCUT2D eigenvalue weighted by molar-refractivity contribution is 5.95. The Morgan fingerprint density at radius 2 is 2.11 bits per heavy atom. The lowest BCUT2D eigenvalue weighted by Crippen LogP contribution is -2.58. The third-order valence-corrected chi connectivity index (χ3v) is 3.40. The van der Waals surface area contributed by atoms with Crippen LogP contribution >= 0.6 is 0 Å². The first kappa shape index (κ1) is 13.1. The molecule has 5 nitrogen and oxygen atoms in total. The quantitative estimate of drug-likeness (QED) is 0.837.